The Bertz CT molecular complexity index is 543. The van der Waals surface area contributed by atoms with Crippen LogP contribution < -0.4 is 10.0 Å². The summed E-state index contributed by atoms with van der Waals surface area (Å²) in [7, 11) is -3.32. The van der Waals surface area contributed by atoms with Gasteiger partial charge in [-0.25, -0.2) is 13.1 Å². The Kier molecular flexibility index (Phi) is 4.45. The van der Waals surface area contributed by atoms with E-state index in [-0.39, 0.29) is 6.04 Å². The topological polar surface area (TPSA) is 58.2 Å². The Labute approximate surface area is 125 Å². The highest BCUT2D eigenvalue weighted by molar-refractivity contribution is 7.91. The van der Waals surface area contributed by atoms with Crippen LogP contribution in [0, 0.1) is 0 Å². The Balaban J connectivity index is 1.60. The maximum Gasteiger partial charge on any atom is 0.250 e. The van der Waals surface area contributed by atoms with E-state index < -0.39 is 10.0 Å². The van der Waals surface area contributed by atoms with Gasteiger partial charge in [-0.2, -0.15) is 0 Å². The lowest BCUT2D eigenvalue weighted by atomic mass is 9.96. The third-order valence-electron chi connectivity index (χ3n) is 3.99. The highest BCUT2D eigenvalue weighted by Crippen LogP contribution is 2.25. The molecule has 2 aliphatic carbocycles. The summed E-state index contributed by atoms with van der Waals surface area (Å²) in [6.07, 6.45) is 7.94. The zero-order valence-electron chi connectivity index (χ0n) is 11.6. The monoisotopic (exact) mass is 314 g/mol. The number of thiophene rings is 1. The molecule has 112 valence electrons. The second-order valence-electron chi connectivity index (χ2n) is 5.89. The molecule has 0 unspecified atom stereocenters. The highest BCUT2D eigenvalue weighted by atomic mass is 32.2. The minimum atomic E-state index is -3.32. The van der Waals surface area contributed by atoms with E-state index in [9.17, 15) is 8.42 Å². The molecule has 0 saturated heterocycles. The molecule has 1 aromatic rings. The maximum absolute atomic E-state index is 12.3. The maximum atomic E-state index is 12.3. The lowest BCUT2D eigenvalue weighted by Gasteiger charge is -2.22. The first-order chi connectivity index (χ1) is 9.63. The second-order valence-corrected chi connectivity index (χ2v) is 8.74. The van der Waals surface area contributed by atoms with Crippen molar-refractivity contribution in [2.75, 3.05) is 0 Å². The first-order valence-electron chi connectivity index (χ1n) is 7.46. The minimum Gasteiger partial charge on any atom is -0.310 e. The van der Waals surface area contributed by atoms with Crippen molar-refractivity contribution in [2.45, 2.75) is 67.8 Å². The Morgan fingerprint density at radius 2 is 1.85 bits per heavy atom. The SMILES string of the molecule is O=S(=O)(NC1CCCCC1)c1cc(CNC2CC2)cs1. The van der Waals surface area contributed by atoms with E-state index in [1.165, 1.54) is 30.6 Å². The van der Waals surface area contributed by atoms with Gasteiger partial charge in [0.25, 0.3) is 0 Å². The van der Waals surface area contributed by atoms with Crippen molar-refractivity contribution in [3.8, 4) is 0 Å². The first-order valence-corrected chi connectivity index (χ1v) is 9.83. The summed E-state index contributed by atoms with van der Waals surface area (Å²) in [5, 5.41) is 5.36. The number of nitrogens with one attached hydrogen (secondary N) is 2. The molecule has 1 heterocycles. The van der Waals surface area contributed by atoms with Crippen LogP contribution in [0.5, 0.6) is 0 Å². The van der Waals surface area contributed by atoms with Gasteiger partial charge in [0.05, 0.1) is 0 Å². The van der Waals surface area contributed by atoms with Gasteiger partial charge in [-0.05, 0) is 42.7 Å². The number of sulfonamides is 1. The second kappa shape index (κ2) is 6.13. The van der Waals surface area contributed by atoms with E-state index in [0.717, 1.165) is 37.8 Å². The van der Waals surface area contributed by atoms with E-state index in [1.54, 1.807) is 0 Å². The molecule has 0 bridgehead atoms. The third kappa shape index (κ3) is 3.81. The summed E-state index contributed by atoms with van der Waals surface area (Å²) in [5.41, 5.74) is 1.07. The van der Waals surface area contributed by atoms with Crippen molar-refractivity contribution < 1.29 is 8.42 Å². The quantitative estimate of drug-likeness (QED) is 0.848. The van der Waals surface area contributed by atoms with E-state index in [4.69, 9.17) is 0 Å². The Hall–Kier alpha value is -0.430. The smallest absolute Gasteiger partial charge is 0.250 e. The van der Waals surface area contributed by atoms with Crippen LogP contribution in [-0.2, 0) is 16.6 Å². The van der Waals surface area contributed by atoms with Crippen LogP contribution in [0.4, 0.5) is 0 Å². The molecule has 1 aromatic heterocycles. The Morgan fingerprint density at radius 1 is 1.10 bits per heavy atom. The fraction of sp³-hybridized carbons (Fsp3) is 0.714. The summed E-state index contributed by atoms with van der Waals surface area (Å²) in [6.45, 7) is 0.778. The predicted octanol–water partition coefficient (Wildman–Crippen LogP) is 2.61. The molecular formula is C14H22N2O2S2. The number of hydrogen-bond acceptors (Lipinski definition) is 4. The lowest BCUT2D eigenvalue weighted by Crippen LogP contribution is -2.35. The zero-order chi connectivity index (χ0) is 14.0. The molecule has 2 saturated carbocycles. The molecule has 4 nitrogen and oxygen atoms in total. The molecule has 0 aromatic carbocycles. The lowest BCUT2D eigenvalue weighted by molar-refractivity contribution is 0.412. The van der Waals surface area contributed by atoms with Crippen LogP contribution in [0.3, 0.4) is 0 Å². The normalized spacial score (nSPS) is 21.2. The molecule has 6 heteroatoms. The van der Waals surface area contributed by atoms with E-state index in [2.05, 4.69) is 10.0 Å². The Morgan fingerprint density at radius 3 is 2.55 bits per heavy atom. The molecule has 0 spiro atoms. The molecule has 0 amide bonds. The van der Waals surface area contributed by atoms with Crippen molar-refractivity contribution in [2.24, 2.45) is 0 Å². The molecule has 2 fully saturated rings. The minimum absolute atomic E-state index is 0.129. The largest absolute Gasteiger partial charge is 0.310 e. The van der Waals surface area contributed by atoms with Gasteiger partial charge in [0.1, 0.15) is 4.21 Å². The molecule has 20 heavy (non-hydrogen) atoms. The average molecular weight is 314 g/mol. The molecule has 2 aliphatic rings. The summed E-state index contributed by atoms with van der Waals surface area (Å²) in [4.78, 5) is 0. The summed E-state index contributed by atoms with van der Waals surface area (Å²) in [6, 6.07) is 2.59. The first kappa shape index (κ1) is 14.5. The molecule has 3 rings (SSSR count). The predicted molar refractivity (Wildman–Crippen MR) is 81.4 cm³/mol. The van der Waals surface area contributed by atoms with Gasteiger partial charge in [-0.1, -0.05) is 19.3 Å². The molecular weight excluding hydrogens is 292 g/mol. The van der Waals surface area contributed by atoms with Crippen LogP contribution in [0.15, 0.2) is 15.7 Å². The van der Waals surface area contributed by atoms with Crippen molar-refractivity contribution in [1.29, 1.82) is 0 Å². The van der Waals surface area contributed by atoms with Crippen LogP contribution in [0.25, 0.3) is 0 Å². The van der Waals surface area contributed by atoms with Crippen LogP contribution in [0.2, 0.25) is 0 Å². The van der Waals surface area contributed by atoms with E-state index in [1.807, 2.05) is 11.4 Å². The summed E-state index contributed by atoms with van der Waals surface area (Å²) < 4.78 is 28.0. The van der Waals surface area contributed by atoms with Crippen LogP contribution >= 0.6 is 11.3 Å². The van der Waals surface area contributed by atoms with Crippen molar-refractivity contribution >= 4 is 21.4 Å². The molecule has 0 aliphatic heterocycles. The number of rotatable bonds is 6. The van der Waals surface area contributed by atoms with Crippen molar-refractivity contribution in [3.05, 3.63) is 17.0 Å². The van der Waals surface area contributed by atoms with Gasteiger partial charge >= 0.3 is 0 Å². The molecule has 2 N–H and O–H groups in total. The summed E-state index contributed by atoms with van der Waals surface area (Å²) >= 11 is 1.33. The van der Waals surface area contributed by atoms with Crippen molar-refractivity contribution in [1.82, 2.24) is 10.0 Å². The van der Waals surface area contributed by atoms with E-state index >= 15 is 0 Å². The van der Waals surface area contributed by atoms with Gasteiger partial charge in [0.2, 0.25) is 10.0 Å². The number of hydrogen-bond donors (Lipinski definition) is 2. The van der Waals surface area contributed by atoms with Gasteiger partial charge in [-0.15, -0.1) is 11.3 Å². The van der Waals surface area contributed by atoms with E-state index in [0.29, 0.717) is 10.3 Å². The fourth-order valence-electron chi connectivity index (χ4n) is 2.63. The summed E-state index contributed by atoms with van der Waals surface area (Å²) in [5.74, 6) is 0. The van der Waals surface area contributed by atoms with Crippen LogP contribution in [0.1, 0.15) is 50.5 Å². The third-order valence-corrected chi connectivity index (χ3v) is 7.00. The van der Waals surface area contributed by atoms with Gasteiger partial charge in [0.15, 0.2) is 0 Å². The highest BCUT2D eigenvalue weighted by Gasteiger charge is 2.24. The molecule has 0 radical (unpaired) electrons. The fourth-order valence-corrected chi connectivity index (χ4v) is 5.17. The standard InChI is InChI=1S/C14H22N2O2S2/c17-20(18,16-13-4-2-1-3-5-13)14-8-11(10-19-14)9-15-12-6-7-12/h8,10,12-13,15-16H,1-7,9H2. The van der Waals surface area contributed by atoms with Gasteiger partial charge in [0, 0.05) is 18.6 Å². The van der Waals surface area contributed by atoms with Gasteiger partial charge in [-0.3, -0.25) is 0 Å². The van der Waals surface area contributed by atoms with Crippen LogP contribution in [-0.4, -0.2) is 20.5 Å². The van der Waals surface area contributed by atoms with Gasteiger partial charge < -0.3 is 5.32 Å². The zero-order valence-corrected chi connectivity index (χ0v) is 13.2. The van der Waals surface area contributed by atoms with Crippen molar-refractivity contribution in [3.63, 3.8) is 0 Å². The molecule has 0 atom stereocenters. The average Bonchev–Trinajstić information content (AvgIpc) is 3.13.